The second-order valence-electron chi connectivity index (χ2n) is 3.98. The number of rotatable bonds is 9. The van der Waals surface area contributed by atoms with Crippen molar-refractivity contribution in [3.8, 4) is 0 Å². The summed E-state index contributed by atoms with van der Waals surface area (Å²) >= 11 is 0. The first-order valence-corrected chi connectivity index (χ1v) is 8.37. The molecule has 0 amide bonds. The minimum absolute atomic E-state index is 0.139. The average Bonchev–Trinajstić information content (AvgIpc) is 2.85. The van der Waals surface area contributed by atoms with Gasteiger partial charge >= 0.3 is 5.97 Å². The van der Waals surface area contributed by atoms with Gasteiger partial charge in [-0.15, -0.1) is 0 Å². The van der Waals surface area contributed by atoms with Gasteiger partial charge in [0.2, 0.25) is 0 Å². The Morgan fingerprint density at radius 2 is 2.24 bits per heavy atom. The third kappa shape index (κ3) is 7.73. The maximum atomic E-state index is 10.8. The number of carbonyl (C=O) groups excluding carboxylic acids is 1. The van der Waals surface area contributed by atoms with Crippen LogP contribution in [0.15, 0.2) is 11.5 Å². The lowest BCUT2D eigenvalue weighted by atomic mass is 10.1. The first-order chi connectivity index (χ1) is 8.33. The summed E-state index contributed by atoms with van der Waals surface area (Å²) in [6.07, 6.45) is 7.80. The van der Waals surface area contributed by atoms with Gasteiger partial charge in [0.1, 0.15) is 0 Å². The van der Waals surface area contributed by atoms with Crippen molar-refractivity contribution in [2.24, 2.45) is 0 Å². The molecule has 0 spiro atoms. The predicted octanol–water partition coefficient (Wildman–Crippen LogP) is 2.98. The van der Waals surface area contributed by atoms with E-state index in [0.717, 1.165) is 18.3 Å². The number of nitrogens with one attached hydrogen (secondary N) is 1. The summed E-state index contributed by atoms with van der Waals surface area (Å²) in [6.45, 7) is 1.73. The van der Waals surface area contributed by atoms with Crippen molar-refractivity contribution in [3.05, 3.63) is 11.5 Å². The number of hydrogen-bond donors (Lipinski definition) is 1. The Hall–Kier alpha value is -0.130. The van der Waals surface area contributed by atoms with Crippen LogP contribution in [0.25, 0.3) is 0 Å². The summed E-state index contributed by atoms with van der Waals surface area (Å²) < 4.78 is 4.56. The summed E-state index contributed by atoms with van der Waals surface area (Å²) in [5.41, 5.74) is 0. The van der Waals surface area contributed by atoms with Crippen LogP contribution in [0.1, 0.15) is 32.1 Å². The highest BCUT2D eigenvalue weighted by Crippen LogP contribution is 2.37. The van der Waals surface area contributed by atoms with E-state index in [9.17, 15) is 4.79 Å². The molecule has 1 unspecified atom stereocenters. The van der Waals surface area contributed by atoms with Gasteiger partial charge in [-0.2, -0.15) is 0 Å². The van der Waals surface area contributed by atoms with Crippen molar-refractivity contribution < 1.29 is 9.53 Å². The number of carbonyl (C=O) groups is 1. The van der Waals surface area contributed by atoms with Crippen molar-refractivity contribution >= 4 is 27.6 Å². The van der Waals surface area contributed by atoms with Crippen LogP contribution in [0.3, 0.4) is 0 Å². The smallest absolute Gasteiger partial charge is 0.306 e. The van der Waals surface area contributed by atoms with Crippen molar-refractivity contribution in [2.75, 3.05) is 20.2 Å². The number of hydrogen-bond acceptors (Lipinski definition) is 5. The van der Waals surface area contributed by atoms with E-state index in [1.807, 2.05) is 21.6 Å². The highest BCUT2D eigenvalue weighted by Gasteiger charge is 2.09. The van der Waals surface area contributed by atoms with E-state index in [-0.39, 0.29) is 5.97 Å². The van der Waals surface area contributed by atoms with Gasteiger partial charge in [-0.3, -0.25) is 4.79 Å². The largest absolute Gasteiger partial charge is 0.469 e. The number of unbranched alkanes of at least 4 members (excludes halogenated alkanes) is 2. The van der Waals surface area contributed by atoms with Crippen molar-refractivity contribution in [1.82, 2.24) is 5.32 Å². The molecule has 0 saturated heterocycles. The molecule has 17 heavy (non-hydrogen) atoms. The van der Waals surface area contributed by atoms with E-state index in [2.05, 4.69) is 21.5 Å². The lowest BCUT2D eigenvalue weighted by molar-refractivity contribution is -0.140. The molecule has 1 N–H and O–H groups in total. The topological polar surface area (TPSA) is 38.3 Å². The quantitative estimate of drug-likeness (QED) is 0.398. The summed E-state index contributed by atoms with van der Waals surface area (Å²) in [5.74, 6) is -0.139. The van der Waals surface area contributed by atoms with Gasteiger partial charge in [0.05, 0.1) is 13.5 Å². The normalized spacial score (nSPS) is 18.5. The Kier molecular flexibility index (Phi) is 8.65. The molecule has 1 rings (SSSR count). The summed E-state index contributed by atoms with van der Waals surface area (Å²) in [6, 6.07) is 0. The van der Waals surface area contributed by atoms with Crippen LogP contribution in [-0.4, -0.2) is 31.4 Å². The van der Waals surface area contributed by atoms with Crippen LogP contribution in [0.5, 0.6) is 0 Å². The molecule has 0 saturated carbocycles. The standard InChI is InChI=1S/C12H21NO2S2/c1-15-12(14)6-9-13-8-4-2-3-5-11-7-10-16-17-11/h7,10-11,13H,2-6,8-9H2,1H3. The van der Waals surface area contributed by atoms with Crippen molar-refractivity contribution in [2.45, 2.75) is 37.4 Å². The van der Waals surface area contributed by atoms with E-state index in [1.54, 1.807) is 0 Å². The Labute approximate surface area is 112 Å². The minimum atomic E-state index is -0.139. The second kappa shape index (κ2) is 9.85. The molecule has 1 heterocycles. The van der Waals surface area contributed by atoms with Crippen LogP contribution < -0.4 is 5.32 Å². The van der Waals surface area contributed by atoms with Crippen LogP contribution in [-0.2, 0) is 9.53 Å². The lowest BCUT2D eigenvalue weighted by Gasteiger charge is -2.06. The molecule has 3 nitrogen and oxygen atoms in total. The monoisotopic (exact) mass is 275 g/mol. The van der Waals surface area contributed by atoms with E-state index in [0.29, 0.717) is 6.42 Å². The number of ether oxygens (including phenoxy) is 1. The fourth-order valence-electron chi connectivity index (χ4n) is 1.59. The molecular weight excluding hydrogens is 254 g/mol. The van der Waals surface area contributed by atoms with E-state index in [4.69, 9.17) is 0 Å². The molecule has 0 aromatic heterocycles. The highest BCUT2D eigenvalue weighted by atomic mass is 33.1. The summed E-state index contributed by atoms with van der Waals surface area (Å²) in [7, 11) is 5.23. The Bertz CT molecular complexity index is 247. The molecule has 0 bridgehead atoms. The van der Waals surface area contributed by atoms with Crippen molar-refractivity contribution in [3.63, 3.8) is 0 Å². The van der Waals surface area contributed by atoms with Crippen LogP contribution in [0.4, 0.5) is 0 Å². The fourth-order valence-corrected chi connectivity index (χ4v) is 3.85. The van der Waals surface area contributed by atoms with Crippen LogP contribution in [0.2, 0.25) is 0 Å². The SMILES string of the molecule is COC(=O)CCNCCCCCC1C=CSS1. The third-order valence-corrected chi connectivity index (χ3v) is 5.03. The zero-order chi connectivity index (χ0) is 12.3. The van der Waals surface area contributed by atoms with Gasteiger partial charge in [0.25, 0.3) is 0 Å². The average molecular weight is 275 g/mol. The van der Waals surface area contributed by atoms with Crippen LogP contribution >= 0.6 is 21.6 Å². The highest BCUT2D eigenvalue weighted by molar-refractivity contribution is 8.78. The number of methoxy groups -OCH3 is 1. The fraction of sp³-hybridized carbons (Fsp3) is 0.750. The Balaban J connectivity index is 1.78. The molecule has 98 valence electrons. The zero-order valence-corrected chi connectivity index (χ0v) is 11.9. The summed E-state index contributed by atoms with van der Waals surface area (Å²) in [5, 5.41) is 6.17. The van der Waals surface area contributed by atoms with E-state index >= 15 is 0 Å². The zero-order valence-electron chi connectivity index (χ0n) is 10.3. The van der Waals surface area contributed by atoms with Gasteiger partial charge < -0.3 is 10.1 Å². The van der Waals surface area contributed by atoms with Gasteiger partial charge in [-0.1, -0.05) is 40.5 Å². The predicted molar refractivity (Wildman–Crippen MR) is 76.1 cm³/mol. The summed E-state index contributed by atoms with van der Waals surface area (Å²) in [4.78, 5) is 10.8. The Morgan fingerprint density at radius 3 is 2.94 bits per heavy atom. The molecule has 0 fully saturated rings. The maximum Gasteiger partial charge on any atom is 0.306 e. The van der Waals surface area contributed by atoms with Crippen LogP contribution in [0, 0.1) is 0 Å². The molecule has 0 radical (unpaired) electrons. The molecule has 0 aromatic carbocycles. The van der Waals surface area contributed by atoms with E-state index in [1.165, 1.54) is 32.8 Å². The third-order valence-electron chi connectivity index (χ3n) is 2.60. The second-order valence-corrected chi connectivity index (χ2v) is 6.40. The van der Waals surface area contributed by atoms with Gasteiger partial charge in [-0.05, 0) is 24.8 Å². The Morgan fingerprint density at radius 1 is 1.35 bits per heavy atom. The molecule has 0 aromatic rings. The molecular formula is C12H21NO2S2. The first-order valence-electron chi connectivity index (χ1n) is 6.09. The lowest BCUT2D eigenvalue weighted by Crippen LogP contribution is -2.19. The first kappa shape index (κ1) is 14.9. The number of esters is 1. The van der Waals surface area contributed by atoms with E-state index < -0.39 is 0 Å². The molecule has 1 atom stereocenters. The van der Waals surface area contributed by atoms with Gasteiger partial charge in [-0.25, -0.2) is 0 Å². The minimum Gasteiger partial charge on any atom is -0.469 e. The molecule has 0 aliphatic carbocycles. The molecule has 1 aliphatic rings. The molecule has 1 aliphatic heterocycles. The van der Waals surface area contributed by atoms with Gasteiger partial charge in [0, 0.05) is 11.8 Å². The molecule has 5 heteroatoms. The van der Waals surface area contributed by atoms with Gasteiger partial charge in [0.15, 0.2) is 0 Å². The van der Waals surface area contributed by atoms with Crippen molar-refractivity contribution in [1.29, 1.82) is 0 Å². The maximum absolute atomic E-state index is 10.8.